The van der Waals surface area contributed by atoms with Crippen molar-refractivity contribution < 1.29 is 19.2 Å². The molecular formula is C33H26ClN3O6S2. The fourth-order valence-corrected chi connectivity index (χ4v) is 11.2. The zero-order valence-corrected chi connectivity index (χ0v) is 26.2. The number of nitrogens with one attached hydrogen (secondary N) is 1. The second-order valence-electron chi connectivity index (χ2n) is 12.1. The molecule has 6 unspecified atom stereocenters. The average Bonchev–Trinajstić information content (AvgIpc) is 3.76. The molecule has 2 amide bonds. The van der Waals surface area contributed by atoms with Crippen LogP contribution in [-0.2, 0) is 16.2 Å². The number of non-ortho nitro benzene ring substituents is 1. The van der Waals surface area contributed by atoms with Crippen LogP contribution in [0.25, 0.3) is 0 Å². The molecule has 2 aliphatic carbocycles. The number of fused-ring (bicyclic) bond motifs is 9. The number of nitrogens with zero attached hydrogens (tertiary/aromatic N) is 2. The van der Waals surface area contributed by atoms with Gasteiger partial charge in [-0.25, -0.2) is 0 Å². The molecule has 7 atom stereocenters. The van der Waals surface area contributed by atoms with E-state index in [9.17, 15) is 24.5 Å². The molecule has 3 heterocycles. The molecule has 2 bridgehead atoms. The Balaban J connectivity index is 1.23. The lowest BCUT2D eigenvalue weighted by atomic mass is 9.68. The predicted molar refractivity (Wildman–Crippen MR) is 171 cm³/mol. The van der Waals surface area contributed by atoms with E-state index in [2.05, 4.69) is 4.98 Å². The molecule has 45 heavy (non-hydrogen) atoms. The van der Waals surface area contributed by atoms with E-state index in [-0.39, 0.29) is 52.0 Å². The number of aryl methyl sites for hydroxylation is 1. The number of imide groups is 1. The number of benzene rings is 3. The molecule has 3 aromatic carbocycles. The zero-order chi connectivity index (χ0) is 31.1. The number of aromatic amines is 1. The second kappa shape index (κ2) is 10.6. The molecule has 2 aliphatic heterocycles. The normalized spacial score (nSPS) is 27.8. The van der Waals surface area contributed by atoms with E-state index in [0.29, 0.717) is 28.4 Å². The average molecular weight is 660 g/mol. The van der Waals surface area contributed by atoms with Crippen molar-refractivity contribution >= 4 is 57.9 Å². The van der Waals surface area contributed by atoms with E-state index in [4.69, 9.17) is 16.3 Å². The number of hydrogen-bond donors (Lipinski definition) is 1. The Kier molecular flexibility index (Phi) is 6.70. The largest absolute Gasteiger partial charge is 0.489 e. The summed E-state index contributed by atoms with van der Waals surface area (Å²) < 4.78 is 6.40. The van der Waals surface area contributed by atoms with Crippen molar-refractivity contribution in [3.8, 4) is 5.75 Å². The number of halogens is 1. The van der Waals surface area contributed by atoms with Crippen LogP contribution < -0.4 is 14.5 Å². The molecule has 228 valence electrons. The molecule has 4 aliphatic rings. The van der Waals surface area contributed by atoms with Crippen molar-refractivity contribution in [2.75, 3.05) is 4.90 Å². The molecule has 3 fully saturated rings. The van der Waals surface area contributed by atoms with Crippen molar-refractivity contribution in [2.45, 2.75) is 36.1 Å². The molecule has 1 N–H and O–H groups in total. The van der Waals surface area contributed by atoms with Gasteiger partial charge in [0.1, 0.15) is 12.4 Å². The van der Waals surface area contributed by atoms with E-state index >= 15 is 0 Å². The van der Waals surface area contributed by atoms with Gasteiger partial charge < -0.3 is 9.72 Å². The fraction of sp³-hybridized carbons (Fsp3) is 0.303. The number of nitro benzene ring substituents is 1. The highest BCUT2D eigenvalue weighted by atomic mass is 35.5. The van der Waals surface area contributed by atoms with Crippen molar-refractivity contribution in [2.24, 2.45) is 29.6 Å². The maximum atomic E-state index is 14.0. The number of amides is 2. The van der Waals surface area contributed by atoms with Crippen LogP contribution in [-0.4, -0.2) is 27.0 Å². The quantitative estimate of drug-likeness (QED) is 0.141. The summed E-state index contributed by atoms with van der Waals surface area (Å²) >= 11 is 8.76. The third-order valence-corrected chi connectivity index (χ3v) is 12.8. The van der Waals surface area contributed by atoms with Crippen LogP contribution >= 0.6 is 34.7 Å². The Morgan fingerprint density at radius 2 is 1.76 bits per heavy atom. The summed E-state index contributed by atoms with van der Waals surface area (Å²) in [5.41, 5.74) is 3.11. The zero-order valence-electron chi connectivity index (χ0n) is 23.8. The van der Waals surface area contributed by atoms with E-state index < -0.39 is 22.7 Å². The Bertz CT molecular complexity index is 1960. The number of nitro groups is 1. The van der Waals surface area contributed by atoms with Gasteiger partial charge in [0.15, 0.2) is 0 Å². The van der Waals surface area contributed by atoms with Crippen LogP contribution in [0.15, 0.2) is 76.6 Å². The van der Waals surface area contributed by atoms with Gasteiger partial charge in [0, 0.05) is 38.8 Å². The van der Waals surface area contributed by atoms with Gasteiger partial charge in [-0.05, 0) is 72.6 Å². The minimum atomic E-state index is -0.505. The molecule has 8 rings (SSSR count). The number of H-pyrrole nitrogens is 1. The number of rotatable bonds is 6. The molecule has 4 aromatic rings. The van der Waals surface area contributed by atoms with Gasteiger partial charge in [-0.15, -0.1) is 11.8 Å². The number of thioether (sulfide) groups is 1. The number of ether oxygens (including phenoxy) is 1. The van der Waals surface area contributed by atoms with Gasteiger partial charge in [-0.2, -0.15) is 0 Å². The van der Waals surface area contributed by atoms with Gasteiger partial charge in [0.25, 0.3) is 5.69 Å². The van der Waals surface area contributed by atoms with E-state index in [1.165, 1.54) is 11.0 Å². The summed E-state index contributed by atoms with van der Waals surface area (Å²) in [6.45, 7) is 2.27. The van der Waals surface area contributed by atoms with E-state index in [1.807, 2.05) is 31.2 Å². The van der Waals surface area contributed by atoms with E-state index in [0.717, 1.165) is 32.4 Å². The third kappa shape index (κ3) is 4.39. The number of aromatic nitrogens is 1. The summed E-state index contributed by atoms with van der Waals surface area (Å²) in [5, 5.41) is 13.2. The lowest BCUT2D eigenvalue weighted by Gasteiger charge is -2.43. The number of carbonyl (C=O) groups excluding carboxylic acids is 2. The van der Waals surface area contributed by atoms with Crippen molar-refractivity contribution in [3.63, 3.8) is 0 Å². The molecule has 1 aromatic heterocycles. The van der Waals surface area contributed by atoms with Gasteiger partial charge in [-0.1, -0.05) is 47.2 Å². The maximum Gasteiger partial charge on any atom is 0.305 e. The highest BCUT2D eigenvalue weighted by Gasteiger charge is 2.70. The van der Waals surface area contributed by atoms with Crippen LogP contribution in [0.4, 0.5) is 11.4 Å². The Hall–Kier alpha value is -3.93. The summed E-state index contributed by atoms with van der Waals surface area (Å²) in [6.07, 6.45) is 0.702. The Morgan fingerprint density at radius 1 is 1.02 bits per heavy atom. The summed E-state index contributed by atoms with van der Waals surface area (Å²) in [7, 11) is 0. The summed E-state index contributed by atoms with van der Waals surface area (Å²) in [6, 6.07) is 19.2. The molecule has 12 heteroatoms. The first-order valence-electron chi connectivity index (χ1n) is 14.7. The topological polar surface area (TPSA) is 123 Å². The van der Waals surface area contributed by atoms with Crippen LogP contribution in [0, 0.1) is 46.6 Å². The molecule has 2 saturated carbocycles. The highest BCUT2D eigenvalue weighted by Crippen LogP contribution is 2.69. The first kappa shape index (κ1) is 28.5. The number of carbonyl (C=O) groups is 2. The number of thiazole rings is 1. The monoisotopic (exact) mass is 659 g/mol. The second-order valence-corrected chi connectivity index (χ2v) is 14.8. The first-order chi connectivity index (χ1) is 21.7. The summed E-state index contributed by atoms with van der Waals surface area (Å²) in [5.74, 6) is -1.67. The van der Waals surface area contributed by atoms with Crippen molar-refractivity contribution in [1.82, 2.24) is 4.98 Å². The molecular weight excluding hydrogens is 634 g/mol. The molecule has 0 radical (unpaired) electrons. The van der Waals surface area contributed by atoms with Gasteiger partial charge in [0.2, 0.25) is 11.8 Å². The van der Waals surface area contributed by atoms with Crippen molar-refractivity contribution in [1.29, 1.82) is 0 Å². The summed E-state index contributed by atoms with van der Waals surface area (Å²) in [4.78, 5) is 57.1. The van der Waals surface area contributed by atoms with Gasteiger partial charge in [-0.3, -0.25) is 29.4 Å². The molecule has 0 spiro atoms. The molecule has 1 saturated heterocycles. The Morgan fingerprint density at radius 3 is 2.49 bits per heavy atom. The lowest BCUT2D eigenvalue weighted by molar-refractivity contribution is -0.385. The standard InChI is InChI=1S/C33H26ClN3O6S2/c1-15-4-2-3-5-16(15)14-43-23-11-10-19(37(41)42)12-20(23)24-25-21-13-22(28(25)44-30-29(24)45-33(40)35-30)27-26(21)31(38)36(32(27)39)18-8-6-17(34)7-9-18/h2-12,21-22,24-28H,13-14H2,1H3,(H,35,40)/t21?,22?,24-,25?,26?,27?,28?/m1/s1. The van der Waals surface area contributed by atoms with Crippen LogP contribution in [0.1, 0.15) is 33.9 Å². The van der Waals surface area contributed by atoms with E-state index in [1.54, 1.807) is 48.2 Å². The number of anilines is 1. The lowest BCUT2D eigenvalue weighted by Crippen LogP contribution is -2.42. The van der Waals surface area contributed by atoms with Gasteiger partial charge in [0.05, 0.1) is 27.5 Å². The fourth-order valence-electron chi connectivity index (χ4n) is 8.16. The number of hydrogen-bond acceptors (Lipinski definition) is 8. The minimum Gasteiger partial charge on any atom is -0.489 e. The minimum absolute atomic E-state index is 0.0654. The van der Waals surface area contributed by atoms with Gasteiger partial charge >= 0.3 is 4.87 Å². The predicted octanol–water partition coefficient (Wildman–Crippen LogP) is 6.56. The SMILES string of the molecule is Cc1ccccc1COc1ccc([N+](=O)[O-])cc1[C@H]1c2sc(=O)[nH]c2SC2C3CC(C4C(=O)N(c5ccc(Cl)cc5)C(=O)C34)C21. The van der Waals surface area contributed by atoms with Crippen LogP contribution in [0.2, 0.25) is 5.02 Å². The van der Waals surface area contributed by atoms with Crippen LogP contribution in [0.3, 0.4) is 0 Å². The smallest absolute Gasteiger partial charge is 0.305 e. The third-order valence-electron chi connectivity index (χ3n) is 9.99. The molecule has 9 nitrogen and oxygen atoms in total. The van der Waals surface area contributed by atoms with Crippen molar-refractivity contribution in [3.05, 3.63) is 113 Å². The highest BCUT2D eigenvalue weighted by molar-refractivity contribution is 8.00. The van der Waals surface area contributed by atoms with Crippen LogP contribution in [0.5, 0.6) is 5.75 Å². The first-order valence-corrected chi connectivity index (χ1v) is 16.8. The maximum absolute atomic E-state index is 14.0. The Labute approximate surface area is 270 Å².